The highest BCUT2D eigenvalue weighted by Gasteiger charge is 2.40. The van der Waals surface area contributed by atoms with Crippen molar-refractivity contribution in [3.05, 3.63) is 125 Å². The van der Waals surface area contributed by atoms with E-state index in [9.17, 15) is 9.18 Å². The minimum Gasteiger partial charge on any atom is -0.462 e. The first-order valence-electron chi connectivity index (χ1n) is 10.2. The molecule has 0 bridgehead atoms. The topological polar surface area (TPSA) is 44.1 Å². The highest BCUT2D eigenvalue weighted by atomic mass is 19.1. The molecule has 0 amide bonds. The van der Waals surface area contributed by atoms with Crippen molar-refractivity contribution in [2.24, 2.45) is 0 Å². The molecule has 4 rings (SSSR count). The SMILES string of the molecule is CCOC(=O)c1cn(C(c2ccccc2)(c2ccccc2)c2ccccc2)nc1CF. The first-order chi connectivity index (χ1) is 15.2. The van der Waals surface area contributed by atoms with Gasteiger partial charge in [0.2, 0.25) is 0 Å². The second kappa shape index (κ2) is 8.96. The van der Waals surface area contributed by atoms with Crippen LogP contribution in [0.25, 0.3) is 0 Å². The summed E-state index contributed by atoms with van der Waals surface area (Å²) >= 11 is 0. The first kappa shape index (κ1) is 20.5. The van der Waals surface area contributed by atoms with Crippen LogP contribution in [0, 0.1) is 0 Å². The summed E-state index contributed by atoms with van der Waals surface area (Å²) in [4.78, 5) is 12.5. The summed E-state index contributed by atoms with van der Waals surface area (Å²) in [5.41, 5.74) is 2.11. The molecule has 156 valence electrons. The minimum absolute atomic E-state index is 0.0608. The summed E-state index contributed by atoms with van der Waals surface area (Å²) in [5, 5.41) is 4.57. The number of rotatable bonds is 7. The predicted octanol–water partition coefficient (Wildman–Crippen LogP) is 5.37. The second-order valence-electron chi connectivity index (χ2n) is 7.10. The summed E-state index contributed by atoms with van der Waals surface area (Å²) in [6.07, 6.45) is 1.60. The van der Waals surface area contributed by atoms with Crippen molar-refractivity contribution in [2.75, 3.05) is 6.61 Å². The summed E-state index contributed by atoms with van der Waals surface area (Å²) in [6, 6.07) is 29.7. The van der Waals surface area contributed by atoms with Crippen molar-refractivity contribution in [1.82, 2.24) is 9.78 Å². The smallest absolute Gasteiger partial charge is 0.341 e. The molecule has 0 atom stereocenters. The monoisotopic (exact) mass is 414 g/mol. The van der Waals surface area contributed by atoms with Gasteiger partial charge >= 0.3 is 5.97 Å². The van der Waals surface area contributed by atoms with E-state index in [1.165, 1.54) is 0 Å². The molecule has 1 aromatic heterocycles. The summed E-state index contributed by atoms with van der Waals surface area (Å²) in [7, 11) is 0. The third kappa shape index (κ3) is 3.63. The lowest BCUT2D eigenvalue weighted by atomic mass is 9.77. The Kier molecular flexibility index (Phi) is 5.94. The summed E-state index contributed by atoms with van der Waals surface area (Å²) in [5.74, 6) is -0.579. The maximum absolute atomic E-state index is 13.9. The van der Waals surface area contributed by atoms with Gasteiger partial charge in [0.05, 0.1) is 6.61 Å². The van der Waals surface area contributed by atoms with Gasteiger partial charge in [0.15, 0.2) is 0 Å². The number of ether oxygens (including phenoxy) is 1. The van der Waals surface area contributed by atoms with Gasteiger partial charge in [-0.25, -0.2) is 9.18 Å². The van der Waals surface area contributed by atoms with E-state index < -0.39 is 18.2 Å². The number of hydrogen-bond donors (Lipinski definition) is 0. The molecule has 0 unspecified atom stereocenters. The van der Waals surface area contributed by atoms with E-state index in [-0.39, 0.29) is 17.9 Å². The van der Waals surface area contributed by atoms with Gasteiger partial charge in [-0.15, -0.1) is 0 Å². The largest absolute Gasteiger partial charge is 0.462 e. The molecule has 0 fully saturated rings. The Balaban J connectivity index is 2.08. The van der Waals surface area contributed by atoms with Gasteiger partial charge in [0.1, 0.15) is 23.5 Å². The number of alkyl halides is 1. The summed E-state index contributed by atoms with van der Waals surface area (Å²) < 4.78 is 20.8. The van der Waals surface area contributed by atoms with Crippen LogP contribution in [0.2, 0.25) is 0 Å². The van der Waals surface area contributed by atoms with Crippen LogP contribution >= 0.6 is 0 Å². The molecular weight excluding hydrogens is 391 g/mol. The molecule has 5 heteroatoms. The quantitative estimate of drug-likeness (QED) is 0.302. The predicted molar refractivity (Wildman–Crippen MR) is 118 cm³/mol. The van der Waals surface area contributed by atoms with E-state index >= 15 is 0 Å². The number of aromatic nitrogens is 2. The van der Waals surface area contributed by atoms with Crippen molar-refractivity contribution < 1.29 is 13.9 Å². The number of nitrogens with zero attached hydrogens (tertiary/aromatic N) is 2. The van der Waals surface area contributed by atoms with E-state index in [0.717, 1.165) is 16.7 Å². The Bertz CT molecular complexity index is 1050. The Labute approximate surface area is 180 Å². The maximum atomic E-state index is 13.9. The fraction of sp³-hybridized carbons (Fsp3) is 0.154. The maximum Gasteiger partial charge on any atom is 0.341 e. The Morgan fingerprint density at radius 3 is 1.71 bits per heavy atom. The summed E-state index contributed by atoms with van der Waals surface area (Å²) in [6.45, 7) is 1.06. The minimum atomic E-state index is -0.904. The molecule has 4 aromatic rings. The van der Waals surface area contributed by atoms with Crippen LogP contribution in [0.3, 0.4) is 0 Å². The molecule has 1 heterocycles. The number of halogens is 1. The van der Waals surface area contributed by atoms with Crippen LogP contribution in [0.1, 0.15) is 39.7 Å². The first-order valence-corrected chi connectivity index (χ1v) is 10.2. The van der Waals surface area contributed by atoms with Crippen LogP contribution in [-0.4, -0.2) is 22.4 Å². The fourth-order valence-electron chi connectivity index (χ4n) is 3.99. The van der Waals surface area contributed by atoms with Crippen LogP contribution in [-0.2, 0) is 17.0 Å². The molecule has 0 saturated heterocycles. The Morgan fingerprint density at radius 2 is 1.32 bits per heavy atom. The number of hydrogen-bond acceptors (Lipinski definition) is 3. The van der Waals surface area contributed by atoms with Crippen LogP contribution in [0.5, 0.6) is 0 Å². The van der Waals surface area contributed by atoms with Crippen molar-refractivity contribution in [3.63, 3.8) is 0 Å². The molecule has 0 saturated carbocycles. The molecular formula is C26H23FN2O2. The number of carbonyl (C=O) groups excluding carboxylic acids is 1. The van der Waals surface area contributed by atoms with Gasteiger partial charge in [0, 0.05) is 6.20 Å². The van der Waals surface area contributed by atoms with Crippen LogP contribution < -0.4 is 0 Å². The molecule has 0 N–H and O–H groups in total. The van der Waals surface area contributed by atoms with Crippen molar-refractivity contribution in [2.45, 2.75) is 19.1 Å². The zero-order chi connectivity index (χ0) is 21.7. The molecule has 4 nitrogen and oxygen atoms in total. The van der Waals surface area contributed by atoms with Gasteiger partial charge < -0.3 is 4.74 Å². The molecule has 31 heavy (non-hydrogen) atoms. The molecule has 3 aromatic carbocycles. The Morgan fingerprint density at radius 1 is 0.871 bits per heavy atom. The third-order valence-corrected chi connectivity index (χ3v) is 5.33. The van der Waals surface area contributed by atoms with Crippen molar-refractivity contribution in [1.29, 1.82) is 0 Å². The van der Waals surface area contributed by atoms with Gasteiger partial charge in [-0.3, -0.25) is 4.68 Å². The van der Waals surface area contributed by atoms with E-state index in [2.05, 4.69) is 5.10 Å². The molecule has 0 aliphatic rings. The Hall–Kier alpha value is -3.73. The van der Waals surface area contributed by atoms with E-state index in [1.807, 2.05) is 91.0 Å². The number of carbonyl (C=O) groups is 1. The normalized spacial score (nSPS) is 11.3. The van der Waals surface area contributed by atoms with Crippen molar-refractivity contribution in [3.8, 4) is 0 Å². The number of esters is 1. The molecule has 0 spiro atoms. The lowest BCUT2D eigenvalue weighted by Crippen LogP contribution is -2.38. The van der Waals surface area contributed by atoms with E-state index in [4.69, 9.17) is 4.74 Å². The van der Waals surface area contributed by atoms with E-state index in [0.29, 0.717) is 0 Å². The zero-order valence-electron chi connectivity index (χ0n) is 17.2. The highest BCUT2D eigenvalue weighted by molar-refractivity contribution is 5.90. The third-order valence-electron chi connectivity index (χ3n) is 5.33. The number of benzene rings is 3. The van der Waals surface area contributed by atoms with Gasteiger partial charge in [0.25, 0.3) is 0 Å². The zero-order valence-corrected chi connectivity index (χ0v) is 17.2. The van der Waals surface area contributed by atoms with Gasteiger partial charge in [-0.05, 0) is 23.6 Å². The second-order valence-corrected chi connectivity index (χ2v) is 7.10. The lowest BCUT2D eigenvalue weighted by Gasteiger charge is -2.36. The standard InChI is InChI=1S/C26H23FN2O2/c1-2-31-25(30)23-19-29(28-24(23)18-27)26(20-12-6-3-7-13-20,21-14-8-4-9-15-21)22-16-10-5-11-17-22/h3-17,19H,2,18H2,1H3. The fourth-order valence-corrected chi connectivity index (χ4v) is 3.99. The molecule has 0 radical (unpaired) electrons. The molecule has 0 aliphatic heterocycles. The average molecular weight is 414 g/mol. The van der Waals surface area contributed by atoms with Gasteiger partial charge in [-0.2, -0.15) is 5.10 Å². The van der Waals surface area contributed by atoms with Gasteiger partial charge in [-0.1, -0.05) is 91.0 Å². The van der Waals surface area contributed by atoms with Crippen molar-refractivity contribution >= 4 is 5.97 Å². The van der Waals surface area contributed by atoms with Crippen LogP contribution in [0.15, 0.2) is 97.2 Å². The average Bonchev–Trinajstić information content (AvgIpc) is 3.27. The van der Waals surface area contributed by atoms with E-state index in [1.54, 1.807) is 17.8 Å². The van der Waals surface area contributed by atoms with Crippen LogP contribution in [0.4, 0.5) is 4.39 Å². The highest BCUT2D eigenvalue weighted by Crippen LogP contribution is 2.40. The molecule has 0 aliphatic carbocycles. The lowest BCUT2D eigenvalue weighted by molar-refractivity contribution is 0.0524.